The summed E-state index contributed by atoms with van der Waals surface area (Å²) in [6.45, 7) is 0.398. The Bertz CT molecular complexity index is 558. The van der Waals surface area contributed by atoms with Crippen LogP contribution in [-0.2, 0) is 6.54 Å². The fraction of sp³-hybridized carbons (Fsp3) is 0.0769. The third-order valence-electron chi connectivity index (χ3n) is 2.37. The van der Waals surface area contributed by atoms with Crippen LogP contribution in [0.4, 0.5) is 0 Å². The summed E-state index contributed by atoms with van der Waals surface area (Å²) in [5.74, 6) is -0.258. The molecule has 0 bridgehead atoms. The van der Waals surface area contributed by atoms with Crippen LogP contribution in [0.5, 0.6) is 0 Å². The molecule has 0 saturated heterocycles. The van der Waals surface area contributed by atoms with Crippen molar-refractivity contribution in [2.75, 3.05) is 0 Å². The fourth-order valence-corrected chi connectivity index (χ4v) is 1.85. The zero-order valence-electron chi connectivity index (χ0n) is 9.36. The van der Waals surface area contributed by atoms with Gasteiger partial charge in [0.15, 0.2) is 0 Å². The van der Waals surface area contributed by atoms with E-state index in [1.807, 2.05) is 12.1 Å². The summed E-state index contributed by atoms with van der Waals surface area (Å²) in [4.78, 5) is 15.9. The summed E-state index contributed by atoms with van der Waals surface area (Å²) >= 11 is 11.8. The molecule has 0 aliphatic carbocycles. The average Bonchev–Trinajstić information content (AvgIpc) is 2.40. The minimum absolute atomic E-state index is 0.258. The van der Waals surface area contributed by atoms with E-state index < -0.39 is 0 Å². The Morgan fingerprint density at radius 2 is 2.06 bits per heavy atom. The monoisotopic (exact) mass is 280 g/mol. The van der Waals surface area contributed by atoms with Crippen LogP contribution in [0.25, 0.3) is 0 Å². The van der Waals surface area contributed by atoms with E-state index in [1.54, 1.807) is 30.6 Å². The van der Waals surface area contributed by atoms with E-state index in [4.69, 9.17) is 23.2 Å². The van der Waals surface area contributed by atoms with E-state index in [-0.39, 0.29) is 10.9 Å². The lowest BCUT2D eigenvalue weighted by atomic mass is 10.2. The highest BCUT2D eigenvalue weighted by Crippen LogP contribution is 2.25. The smallest absolute Gasteiger partial charge is 0.253 e. The standard InChI is InChI=1S/C13H10Cl2N2O/c14-11-5-1-4-10(12(11)15)13(18)17-8-9-3-2-6-16-7-9/h1-7H,8H2,(H,17,18). The number of hydrogen-bond acceptors (Lipinski definition) is 2. The average molecular weight is 281 g/mol. The minimum Gasteiger partial charge on any atom is -0.348 e. The molecule has 0 aliphatic heterocycles. The number of carbonyl (C=O) groups is 1. The first-order valence-electron chi connectivity index (χ1n) is 5.29. The lowest BCUT2D eigenvalue weighted by molar-refractivity contribution is 0.0951. The van der Waals surface area contributed by atoms with Crippen LogP contribution in [0, 0.1) is 0 Å². The van der Waals surface area contributed by atoms with E-state index in [9.17, 15) is 4.79 Å². The second-order valence-corrected chi connectivity index (χ2v) is 4.43. The summed E-state index contributed by atoms with van der Waals surface area (Å²) in [7, 11) is 0. The molecule has 0 saturated carbocycles. The molecule has 5 heteroatoms. The second-order valence-electron chi connectivity index (χ2n) is 3.65. The Morgan fingerprint density at radius 3 is 2.78 bits per heavy atom. The second kappa shape index (κ2) is 5.85. The van der Waals surface area contributed by atoms with Gasteiger partial charge in [-0.05, 0) is 23.8 Å². The van der Waals surface area contributed by atoms with Gasteiger partial charge >= 0.3 is 0 Å². The van der Waals surface area contributed by atoms with Crippen LogP contribution in [0.3, 0.4) is 0 Å². The van der Waals surface area contributed by atoms with Crippen molar-refractivity contribution in [3.8, 4) is 0 Å². The molecule has 18 heavy (non-hydrogen) atoms. The highest BCUT2D eigenvalue weighted by molar-refractivity contribution is 6.43. The van der Waals surface area contributed by atoms with Crippen LogP contribution in [0.1, 0.15) is 15.9 Å². The molecule has 0 unspecified atom stereocenters. The van der Waals surface area contributed by atoms with Crippen molar-refractivity contribution in [2.24, 2.45) is 0 Å². The molecule has 0 aliphatic rings. The number of aromatic nitrogens is 1. The van der Waals surface area contributed by atoms with E-state index in [1.165, 1.54) is 0 Å². The first-order valence-corrected chi connectivity index (χ1v) is 6.05. The summed E-state index contributed by atoms with van der Waals surface area (Å²) in [5, 5.41) is 3.39. The SMILES string of the molecule is O=C(NCc1cccnc1)c1cccc(Cl)c1Cl. The summed E-state index contributed by atoms with van der Waals surface area (Å²) in [5.41, 5.74) is 1.29. The molecular formula is C13H10Cl2N2O. The number of halogens is 2. The predicted molar refractivity (Wildman–Crippen MR) is 71.9 cm³/mol. The number of rotatable bonds is 3. The molecule has 0 fully saturated rings. The van der Waals surface area contributed by atoms with Gasteiger partial charge in [0, 0.05) is 18.9 Å². The van der Waals surface area contributed by atoms with E-state index in [2.05, 4.69) is 10.3 Å². The predicted octanol–water partition coefficient (Wildman–Crippen LogP) is 3.32. The van der Waals surface area contributed by atoms with Gasteiger partial charge in [-0.1, -0.05) is 35.3 Å². The third kappa shape index (κ3) is 3.00. The van der Waals surface area contributed by atoms with Crippen molar-refractivity contribution < 1.29 is 4.79 Å². The zero-order chi connectivity index (χ0) is 13.0. The van der Waals surface area contributed by atoms with Crippen molar-refractivity contribution in [1.29, 1.82) is 0 Å². The maximum absolute atomic E-state index is 11.9. The molecule has 1 aromatic carbocycles. The van der Waals surface area contributed by atoms with Crippen molar-refractivity contribution in [2.45, 2.75) is 6.54 Å². The molecule has 1 N–H and O–H groups in total. The fourth-order valence-electron chi connectivity index (χ4n) is 1.46. The molecule has 3 nitrogen and oxygen atoms in total. The minimum atomic E-state index is -0.258. The Morgan fingerprint density at radius 1 is 1.22 bits per heavy atom. The molecule has 0 radical (unpaired) electrons. The van der Waals surface area contributed by atoms with Crippen molar-refractivity contribution >= 4 is 29.1 Å². The molecular weight excluding hydrogens is 271 g/mol. The summed E-state index contributed by atoms with van der Waals surface area (Å²) in [6.07, 6.45) is 3.37. The van der Waals surface area contributed by atoms with Gasteiger partial charge in [0.2, 0.25) is 0 Å². The lowest BCUT2D eigenvalue weighted by Crippen LogP contribution is -2.23. The highest BCUT2D eigenvalue weighted by Gasteiger charge is 2.11. The summed E-state index contributed by atoms with van der Waals surface area (Å²) in [6, 6.07) is 8.66. The number of benzene rings is 1. The van der Waals surface area contributed by atoms with Gasteiger partial charge in [0.25, 0.3) is 5.91 Å². The van der Waals surface area contributed by atoms with Crippen LogP contribution in [0.15, 0.2) is 42.7 Å². The van der Waals surface area contributed by atoms with Crippen molar-refractivity contribution in [1.82, 2.24) is 10.3 Å². The quantitative estimate of drug-likeness (QED) is 0.937. The van der Waals surface area contributed by atoms with E-state index in [0.29, 0.717) is 17.1 Å². The molecule has 2 rings (SSSR count). The van der Waals surface area contributed by atoms with Gasteiger partial charge in [-0.15, -0.1) is 0 Å². The Labute approximate surface area is 115 Å². The topological polar surface area (TPSA) is 42.0 Å². The number of carbonyl (C=O) groups excluding carboxylic acids is 1. The molecule has 0 spiro atoms. The maximum Gasteiger partial charge on any atom is 0.253 e. The van der Waals surface area contributed by atoms with Crippen molar-refractivity contribution in [3.05, 3.63) is 63.9 Å². The molecule has 1 heterocycles. The third-order valence-corrected chi connectivity index (χ3v) is 3.19. The Kier molecular flexibility index (Phi) is 4.18. The van der Waals surface area contributed by atoms with Gasteiger partial charge < -0.3 is 5.32 Å². The number of nitrogens with zero attached hydrogens (tertiary/aromatic N) is 1. The highest BCUT2D eigenvalue weighted by atomic mass is 35.5. The van der Waals surface area contributed by atoms with Gasteiger partial charge in [-0.3, -0.25) is 9.78 Å². The number of nitrogens with one attached hydrogen (secondary N) is 1. The van der Waals surface area contributed by atoms with Crippen LogP contribution in [-0.4, -0.2) is 10.9 Å². The number of pyridine rings is 1. The van der Waals surface area contributed by atoms with Gasteiger partial charge in [0.1, 0.15) is 0 Å². The lowest BCUT2D eigenvalue weighted by Gasteiger charge is -2.07. The Balaban J connectivity index is 2.07. The number of hydrogen-bond donors (Lipinski definition) is 1. The van der Waals surface area contributed by atoms with E-state index in [0.717, 1.165) is 5.56 Å². The first-order chi connectivity index (χ1) is 8.68. The van der Waals surface area contributed by atoms with Crippen LogP contribution < -0.4 is 5.32 Å². The van der Waals surface area contributed by atoms with Crippen LogP contribution in [0.2, 0.25) is 10.0 Å². The molecule has 1 aromatic heterocycles. The van der Waals surface area contributed by atoms with Gasteiger partial charge in [-0.25, -0.2) is 0 Å². The van der Waals surface area contributed by atoms with E-state index >= 15 is 0 Å². The Hall–Kier alpha value is -1.58. The largest absolute Gasteiger partial charge is 0.348 e. The van der Waals surface area contributed by atoms with Gasteiger partial charge in [-0.2, -0.15) is 0 Å². The number of amides is 1. The van der Waals surface area contributed by atoms with Crippen molar-refractivity contribution in [3.63, 3.8) is 0 Å². The molecule has 1 amide bonds. The molecule has 92 valence electrons. The normalized spacial score (nSPS) is 10.1. The van der Waals surface area contributed by atoms with Gasteiger partial charge in [0.05, 0.1) is 15.6 Å². The van der Waals surface area contributed by atoms with Crippen LogP contribution >= 0.6 is 23.2 Å². The first kappa shape index (κ1) is 12.9. The molecule has 0 atom stereocenters. The summed E-state index contributed by atoms with van der Waals surface area (Å²) < 4.78 is 0. The zero-order valence-corrected chi connectivity index (χ0v) is 10.9. The maximum atomic E-state index is 11.9. The molecule has 2 aromatic rings.